The number of nitrogens with one attached hydrogen (secondary N) is 2. The Bertz CT molecular complexity index is 988. The van der Waals surface area contributed by atoms with Crippen molar-refractivity contribution in [2.75, 3.05) is 45.9 Å². The summed E-state index contributed by atoms with van der Waals surface area (Å²) in [6.07, 6.45) is 0.223. The Labute approximate surface area is 221 Å². The van der Waals surface area contributed by atoms with Gasteiger partial charge in [-0.05, 0) is 18.6 Å². The first kappa shape index (κ1) is 29.0. The molecule has 0 saturated carbocycles. The zero-order valence-corrected chi connectivity index (χ0v) is 21.7. The van der Waals surface area contributed by atoms with E-state index in [1.165, 1.54) is 6.07 Å². The largest absolute Gasteiger partial charge is 0.505 e. The lowest BCUT2D eigenvalue weighted by Gasteiger charge is -2.27. The second-order valence-electron chi connectivity index (χ2n) is 7.81. The summed E-state index contributed by atoms with van der Waals surface area (Å²) in [5, 5.41) is 16.4. The fourth-order valence-electron chi connectivity index (χ4n) is 3.63. The number of aromatic hydroxyl groups is 1. The number of hydrogen-bond acceptors (Lipinski definition) is 7. The van der Waals surface area contributed by atoms with Crippen molar-refractivity contribution in [3.8, 4) is 11.5 Å². The molecule has 1 amide bonds. The molecule has 3 N–H and O–H groups in total. The highest BCUT2D eigenvalue weighted by atomic mass is 35.5. The third-order valence-electron chi connectivity index (χ3n) is 5.42. The number of halogens is 3. The molecule has 2 aromatic rings. The minimum absolute atomic E-state index is 0. The molecule has 1 saturated heterocycles. The fraction of sp³-hybridized carbons (Fsp3) is 0.417. The Kier molecular flexibility index (Phi) is 11.9. The number of phenols is 1. The highest BCUT2D eigenvalue weighted by Gasteiger charge is 2.27. The number of carbonyl (C=O) groups is 2. The summed E-state index contributed by atoms with van der Waals surface area (Å²) in [4.78, 5) is 27.7. The molecule has 1 aliphatic rings. The van der Waals surface area contributed by atoms with Crippen LogP contribution in [0.15, 0.2) is 36.4 Å². The number of piperazine rings is 1. The topological polar surface area (TPSA) is 100 Å². The molecule has 0 aromatic heterocycles. The minimum atomic E-state index is -0.957. The van der Waals surface area contributed by atoms with Gasteiger partial charge >= 0.3 is 5.97 Å². The van der Waals surface area contributed by atoms with Crippen LogP contribution in [0.4, 0.5) is 0 Å². The molecule has 8 nitrogen and oxygen atoms in total. The van der Waals surface area contributed by atoms with E-state index < -0.39 is 23.7 Å². The molecule has 0 spiro atoms. The highest BCUT2D eigenvalue weighted by Crippen LogP contribution is 2.42. The molecule has 3 rings (SSSR count). The first-order valence-corrected chi connectivity index (χ1v) is 11.9. The van der Waals surface area contributed by atoms with E-state index in [0.29, 0.717) is 13.2 Å². The highest BCUT2D eigenvalue weighted by molar-refractivity contribution is 6.39. The van der Waals surface area contributed by atoms with E-state index in [2.05, 4.69) is 15.5 Å². The number of rotatable bonds is 10. The van der Waals surface area contributed by atoms with Crippen molar-refractivity contribution in [2.45, 2.75) is 19.4 Å². The molecule has 1 heterocycles. The van der Waals surface area contributed by atoms with Crippen LogP contribution in [0.2, 0.25) is 10.0 Å². The fourth-order valence-corrected chi connectivity index (χ4v) is 4.19. The van der Waals surface area contributed by atoms with E-state index >= 15 is 0 Å². The molecule has 35 heavy (non-hydrogen) atoms. The van der Waals surface area contributed by atoms with Crippen molar-refractivity contribution in [1.29, 1.82) is 0 Å². The SMILES string of the molecule is CCOC(=O)[C@H](Cc1ccccc1)NC(=O)c1cc(Cl)c(OCCN2CCNCC2)c(Cl)c1O.Cl. The average molecular weight is 547 g/mol. The summed E-state index contributed by atoms with van der Waals surface area (Å²) < 4.78 is 10.8. The molecule has 0 radical (unpaired) electrons. The summed E-state index contributed by atoms with van der Waals surface area (Å²) in [5.74, 6) is -1.64. The van der Waals surface area contributed by atoms with E-state index in [4.69, 9.17) is 32.7 Å². The second-order valence-corrected chi connectivity index (χ2v) is 8.59. The Morgan fingerprint density at radius 2 is 1.89 bits per heavy atom. The van der Waals surface area contributed by atoms with Gasteiger partial charge in [0, 0.05) is 39.1 Å². The molecule has 1 atom stereocenters. The van der Waals surface area contributed by atoms with Gasteiger partial charge in [0.1, 0.15) is 17.7 Å². The van der Waals surface area contributed by atoms with Crippen molar-refractivity contribution in [3.05, 3.63) is 57.6 Å². The number of carbonyl (C=O) groups excluding carboxylic acids is 2. The van der Waals surface area contributed by atoms with Crippen LogP contribution in [0, 0.1) is 0 Å². The molecule has 11 heteroatoms. The number of hydrogen-bond donors (Lipinski definition) is 3. The smallest absolute Gasteiger partial charge is 0.328 e. The van der Waals surface area contributed by atoms with Crippen LogP contribution in [-0.4, -0.2) is 73.9 Å². The molecule has 0 aliphatic carbocycles. The molecule has 1 fully saturated rings. The molecular weight excluding hydrogens is 517 g/mol. The van der Waals surface area contributed by atoms with Gasteiger partial charge in [-0.15, -0.1) is 12.4 Å². The van der Waals surface area contributed by atoms with Gasteiger partial charge in [-0.2, -0.15) is 0 Å². The summed E-state index contributed by atoms with van der Waals surface area (Å²) >= 11 is 12.6. The predicted molar refractivity (Wildman–Crippen MR) is 138 cm³/mol. The average Bonchev–Trinajstić information content (AvgIpc) is 2.84. The van der Waals surface area contributed by atoms with Crippen LogP contribution in [0.5, 0.6) is 11.5 Å². The zero-order valence-electron chi connectivity index (χ0n) is 19.4. The van der Waals surface area contributed by atoms with Gasteiger partial charge in [-0.25, -0.2) is 4.79 Å². The van der Waals surface area contributed by atoms with Crippen molar-refractivity contribution in [1.82, 2.24) is 15.5 Å². The van der Waals surface area contributed by atoms with E-state index in [0.717, 1.165) is 31.7 Å². The van der Waals surface area contributed by atoms with Crippen LogP contribution in [0.3, 0.4) is 0 Å². The third-order valence-corrected chi connectivity index (χ3v) is 6.05. The maximum atomic E-state index is 13.0. The maximum Gasteiger partial charge on any atom is 0.328 e. The summed E-state index contributed by atoms with van der Waals surface area (Å²) in [6.45, 7) is 6.53. The Hall–Kier alpha value is -2.23. The quantitative estimate of drug-likeness (QED) is 0.393. The number of benzene rings is 2. The van der Waals surface area contributed by atoms with E-state index in [-0.39, 0.29) is 46.8 Å². The monoisotopic (exact) mass is 545 g/mol. The van der Waals surface area contributed by atoms with E-state index in [1.807, 2.05) is 30.3 Å². The van der Waals surface area contributed by atoms with Crippen molar-refractivity contribution in [3.63, 3.8) is 0 Å². The van der Waals surface area contributed by atoms with Crippen molar-refractivity contribution in [2.24, 2.45) is 0 Å². The van der Waals surface area contributed by atoms with Crippen LogP contribution in [0.25, 0.3) is 0 Å². The molecule has 2 aromatic carbocycles. The van der Waals surface area contributed by atoms with Crippen LogP contribution >= 0.6 is 35.6 Å². The lowest BCUT2D eigenvalue weighted by Crippen LogP contribution is -2.44. The van der Waals surface area contributed by atoms with Gasteiger partial charge < -0.3 is 25.2 Å². The third kappa shape index (κ3) is 8.15. The standard InChI is InChI=1S/C24H29Cl2N3O5.ClH/c1-2-33-24(32)19(14-16-6-4-3-5-7-16)28-23(31)17-15-18(25)22(20(26)21(17)30)34-13-12-29-10-8-27-9-11-29;/h3-7,15,19,27,30H,2,8-14H2,1H3,(H,28,31);1H/t19-;/m0./s1. The van der Waals surface area contributed by atoms with Gasteiger partial charge in [0.05, 0.1) is 17.2 Å². The Morgan fingerprint density at radius 1 is 1.20 bits per heavy atom. The molecule has 1 aliphatic heterocycles. The normalized spacial score (nSPS) is 14.5. The number of nitrogens with zero attached hydrogens (tertiary/aromatic N) is 1. The van der Waals surface area contributed by atoms with Gasteiger partial charge in [0.25, 0.3) is 5.91 Å². The molecule has 0 bridgehead atoms. The lowest BCUT2D eigenvalue weighted by atomic mass is 10.1. The summed E-state index contributed by atoms with van der Waals surface area (Å²) in [7, 11) is 0. The van der Waals surface area contributed by atoms with Crippen molar-refractivity contribution >= 4 is 47.5 Å². The predicted octanol–water partition coefficient (Wildman–Crippen LogP) is 3.31. The summed E-state index contributed by atoms with van der Waals surface area (Å²) in [6, 6.07) is 9.55. The lowest BCUT2D eigenvalue weighted by molar-refractivity contribution is -0.145. The van der Waals surface area contributed by atoms with Crippen LogP contribution in [0.1, 0.15) is 22.8 Å². The van der Waals surface area contributed by atoms with E-state index in [1.54, 1.807) is 6.92 Å². The zero-order chi connectivity index (χ0) is 24.5. The van der Waals surface area contributed by atoms with Gasteiger partial charge in [-0.1, -0.05) is 53.5 Å². The maximum absolute atomic E-state index is 13.0. The minimum Gasteiger partial charge on any atom is -0.505 e. The first-order chi connectivity index (χ1) is 16.4. The summed E-state index contributed by atoms with van der Waals surface area (Å²) in [5.41, 5.74) is 0.682. The van der Waals surface area contributed by atoms with Crippen LogP contribution < -0.4 is 15.4 Å². The van der Waals surface area contributed by atoms with E-state index in [9.17, 15) is 14.7 Å². The van der Waals surface area contributed by atoms with Gasteiger partial charge in [-0.3, -0.25) is 9.69 Å². The van der Waals surface area contributed by atoms with Gasteiger partial charge in [0.15, 0.2) is 11.5 Å². The molecule has 0 unspecified atom stereocenters. The number of phenolic OH excluding ortho intramolecular Hbond substituents is 1. The van der Waals surface area contributed by atoms with Crippen LogP contribution in [-0.2, 0) is 16.0 Å². The molecule has 192 valence electrons. The molecular formula is C24H30Cl3N3O5. The second kappa shape index (κ2) is 14.4. The van der Waals surface area contributed by atoms with Crippen molar-refractivity contribution < 1.29 is 24.2 Å². The number of esters is 1. The Balaban J connectivity index is 0.00000432. The first-order valence-electron chi connectivity index (χ1n) is 11.2. The number of ether oxygens (including phenoxy) is 2. The Morgan fingerprint density at radius 3 is 2.54 bits per heavy atom. The number of amides is 1. The van der Waals surface area contributed by atoms with Gasteiger partial charge in [0.2, 0.25) is 0 Å².